The van der Waals surface area contributed by atoms with Crippen LogP contribution in [0.25, 0.3) is 22.1 Å². The van der Waals surface area contributed by atoms with Crippen LogP contribution in [-0.4, -0.2) is 107 Å². The molecule has 75 heavy (non-hydrogen) atoms. The van der Waals surface area contributed by atoms with Crippen molar-refractivity contribution < 1.29 is 37.4 Å². The molecule has 3 aliphatic heterocycles. The van der Waals surface area contributed by atoms with Crippen molar-refractivity contribution in [3.63, 3.8) is 0 Å². The van der Waals surface area contributed by atoms with Gasteiger partial charge in [-0.05, 0) is 129 Å². The molecule has 1 unspecified atom stereocenters. The molecule has 4 atom stereocenters. The van der Waals surface area contributed by atoms with Gasteiger partial charge >= 0.3 is 12.2 Å². The molecular weight excluding hydrogens is 959 g/mol. The number of anilines is 2. The van der Waals surface area contributed by atoms with Crippen LogP contribution in [0.4, 0.5) is 29.7 Å². The predicted octanol–water partition coefficient (Wildman–Crippen LogP) is 10.2. The third-order valence-corrected chi connectivity index (χ3v) is 15.4. The number of H-pyrrole nitrogens is 2. The monoisotopic (exact) mass is 1030 g/mol. The van der Waals surface area contributed by atoms with E-state index in [0.717, 1.165) is 60.7 Å². The first-order chi connectivity index (χ1) is 36.3. The van der Waals surface area contributed by atoms with Crippen molar-refractivity contribution in [3.05, 3.63) is 119 Å². The smallest absolute Gasteiger partial charge is 0.407 e. The third-order valence-electron chi connectivity index (χ3n) is 15.4. The molecule has 4 aromatic carbocycles. The molecule has 0 bridgehead atoms. The fourth-order valence-electron chi connectivity index (χ4n) is 11.5. The van der Waals surface area contributed by atoms with Crippen molar-refractivity contribution in [2.75, 3.05) is 56.7 Å². The third kappa shape index (κ3) is 11.8. The van der Waals surface area contributed by atoms with Crippen LogP contribution in [0.1, 0.15) is 125 Å². The fraction of sp³-hybridized carbons (Fsp3) is 0.474. The number of alkyl carbamates (subject to hydrolysis) is 2. The Hall–Kier alpha value is -7.24. The van der Waals surface area contributed by atoms with Crippen LogP contribution in [-0.2, 0) is 32.0 Å². The summed E-state index contributed by atoms with van der Waals surface area (Å²) in [7, 11) is 2.52. The van der Waals surface area contributed by atoms with Gasteiger partial charge in [-0.15, -0.1) is 0 Å². The number of likely N-dealkylation sites (tertiary alicyclic amines) is 1. The molecule has 4 amide bonds. The first kappa shape index (κ1) is 52.6. The molecule has 18 heteroatoms. The second kappa shape index (κ2) is 23.5. The summed E-state index contributed by atoms with van der Waals surface area (Å²) in [5.74, 6) is -0.0988. The number of aromatic amines is 2. The number of ether oxygens (including phenoxy) is 2. The van der Waals surface area contributed by atoms with Gasteiger partial charge in [0, 0.05) is 31.9 Å². The molecule has 3 aliphatic rings. The highest BCUT2D eigenvalue weighted by Gasteiger charge is 2.40. The summed E-state index contributed by atoms with van der Waals surface area (Å²) in [6.45, 7) is 7.87. The quantitative estimate of drug-likeness (QED) is 0.0647. The van der Waals surface area contributed by atoms with Crippen LogP contribution in [0.3, 0.4) is 0 Å². The molecule has 5 heterocycles. The van der Waals surface area contributed by atoms with Gasteiger partial charge < -0.3 is 49.7 Å². The molecule has 3 saturated heterocycles. The lowest BCUT2D eigenvalue weighted by Gasteiger charge is -2.36. The number of halogens is 2. The number of benzene rings is 4. The number of fused-ring (bicyclic) bond motifs is 2. The van der Waals surface area contributed by atoms with Gasteiger partial charge in [-0.2, -0.15) is 0 Å². The Balaban J connectivity index is 0.994. The van der Waals surface area contributed by atoms with E-state index in [2.05, 4.69) is 54.5 Å². The van der Waals surface area contributed by atoms with E-state index >= 15 is 8.78 Å². The van der Waals surface area contributed by atoms with Crippen LogP contribution in [0.5, 0.6) is 0 Å². The van der Waals surface area contributed by atoms with Crippen molar-refractivity contribution in [1.82, 2.24) is 40.4 Å². The van der Waals surface area contributed by atoms with Gasteiger partial charge in [-0.3, -0.25) is 9.59 Å². The highest BCUT2D eigenvalue weighted by atomic mass is 19.1. The summed E-state index contributed by atoms with van der Waals surface area (Å²) in [5, 5.41) is 5.18. The molecule has 0 radical (unpaired) electrons. The second-order valence-electron chi connectivity index (χ2n) is 20.6. The molecule has 6 aromatic rings. The molecule has 9 rings (SSSR count). The van der Waals surface area contributed by atoms with E-state index in [4.69, 9.17) is 14.7 Å². The lowest BCUT2D eigenvalue weighted by Crippen LogP contribution is -2.51. The second-order valence-corrected chi connectivity index (χ2v) is 20.6. The normalized spacial score (nSPS) is 18.5. The zero-order chi connectivity index (χ0) is 52.8. The number of rotatable bonds is 18. The zero-order valence-electron chi connectivity index (χ0n) is 43.7. The number of methoxy groups -OCH3 is 2. The van der Waals surface area contributed by atoms with E-state index in [9.17, 15) is 19.2 Å². The molecule has 0 saturated carbocycles. The number of amides is 4. The standard InChI is InChI=1S/C57H70F2N10O6/c1-6-25-67(51(70)33-60-56(72)74-4)34-50-61-43-19-17-38(29-45(43)62-50)47-21-22-48(39-18-20-44-46(30-39)64-54(63-44)49-16-11-26-68(49)55(71)52(35(2)3)65-57(73)75-5)69(47)40-31-41(58)53(42(59)32-40)66-27-23-37(24-28-66)15-10-14-36-12-8-7-9-13-36/h7-9,12-13,17-20,29-32,35,37,47-49,52H,6,10-11,14-16,21-28,33-34H2,1-5H3,(H,60,72)(H,61,62)(H,63,64)(H,65,73)/t47-,48-,49+,52?/m1/s1. The van der Waals surface area contributed by atoms with Crippen LogP contribution >= 0.6 is 0 Å². The van der Waals surface area contributed by atoms with Crippen molar-refractivity contribution >= 4 is 57.4 Å². The molecule has 0 aliphatic carbocycles. The Bertz CT molecular complexity index is 2950. The van der Waals surface area contributed by atoms with Gasteiger partial charge in [0.1, 0.15) is 29.9 Å². The lowest BCUT2D eigenvalue weighted by atomic mass is 9.90. The van der Waals surface area contributed by atoms with Crippen LogP contribution in [0, 0.1) is 23.5 Å². The molecule has 398 valence electrons. The number of aromatic nitrogens is 4. The zero-order valence-corrected chi connectivity index (χ0v) is 43.7. The topological polar surface area (TPSA) is 181 Å². The lowest BCUT2D eigenvalue weighted by molar-refractivity contribution is -0.135. The van der Waals surface area contributed by atoms with Gasteiger partial charge in [-0.1, -0.05) is 63.2 Å². The highest BCUT2D eigenvalue weighted by Crippen LogP contribution is 2.49. The van der Waals surface area contributed by atoms with Crippen molar-refractivity contribution in [2.45, 2.75) is 116 Å². The molecule has 4 N–H and O–H groups in total. The number of carbonyl (C=O) groups excluding carboxylic acids is 4. The average molecular weight is 1030 g/mol. The van der Waals surface area contributed by atoms with Gasteiger partial charge in [0.05, 0.1) is 61.0 Å². The van der Waals surface area contributed by atoms with Crippen LogP contribution < -0.4 is 20.4 Å². The maximum absolute atomic E-state index is 16.8. The molecule has 0 spiro atoms. The van der Waals surface area contributed by atoms with Crippen molar-refractivity contribution in [2.24, 2.45) is 11.8 Å². The first-order valence-corrected chi connectivity index (χ1v) is 26.6. The molecule has 2 aromatic heterocycles. The number of imidazole rings is 2. The summed E-state index contributed by atoms with van der Waals surface area (Å²) in [5.41, 5.74) is 6.57. The van der Waals surface area contributed by atoms with Gasteiger partial charge in [0.25, 0.3) is 0 Å². The minimum atomic E-state index is -0.766. The molecular formula is C57H70F2N10O6. The van der Waals surface area contributed by atoms with E-state index in [0.29, 0.717) is 86.1 Å². The number of nitrogens with zero attached hydrogens (tertiary/aromatic N) is 6. The number of aryl methyl sites for hydroxylation is 1. The van der Waals surface area contributed by atoms with Crippen LogP contribution in [0.2, 0.25) is 0 Å². The largest absolute Gasteiger partial charge is 0.453 e. The summed E-state index contributed by atoms with van der Waals surface area (Å²) in [6.07, 6.45) is 7.10. The van der Waals surface area contributed by atoms with Crippen molar-refractivity contribution in [1.29, 1.82) is 0 Å². The fourth-order valence-corrected chi connectivity index (χ4v) is 11.5. The molecule has 3 fully saturated rings. The van der Waals surface area contributed by atoms with Gasteiger partial charge in [0.2, 0.25) is 11.8 Å². The first-order valence-electron chi connectivity index (χ1n) is 26.6. The Morgan fingerprint density at radius 3 is 2.08 bits per heavy atom. The predicted molar refractivity (Wildman–Crippen MR) is 284 cm³/mol. The summed E-state index contributed by atoms with van der Waals surface area (Å²) in [6, 6.07) is 23.8. The van der Waals surface area contributed by atoms with E-state index in [1.54, 1.807) is 9.80 Å². The van der Waals surface area contributed by atoms with Gasteiger partial charge in [-0.25, -0.2) is 28.3 Å². The Kier molecular flexibility index (Phi) is 16.5. The van der Waals surface area contributed by atoms with E-state index < -0.39 is 29.9 Å². The van der Waals surface area contributed by atoms with E-state index in [1.165, 1.54) is 31.9 Å². The van der Waals surface area contributed by atoms with Crippen LogP contribution in [0.15, 0.2) is 78.9 Å². The summed E-state index contributed by atoms with van der Waals surface area (Å²) >= 11 is 0. The van der Waals surface area contributed by atoms with Crippen molar-refractivity contribution in [3.8, 4) is 0 Å². The summed E-state index contributed by atoms with van der Waals surface area (Å²) < 4.78 is 43.1. The maximum Gasteiger partial charge on any atom is 0.407 e. The number of nitrogens with one attached hydrogen (secondary N) is 4. The number of piperidine rings is 1. The van der Waals surface area contributed by atoms with E-state index in [1.807, 2.05) is 68.1 Å². The molecule has 16 nitrogen and oxygen atoms in total. The summed E-state index contributed by atoms with van der Waals surface area (Å²) in [4.78, 5) is 75.3. The highest BCUT2D eigenvalue weighted by molar-refractivity contribution is 5.87. The van der Waals surface area contributed by atoms with Gasteiger partial charge in [0.15, 0.2) is 11.6 Å². The number of carbonyl (C=O) groups is 4. The Morgan fingerprint density at radius 1 is 0.787 bits per heavy atom. The number of hydrogen-bond donors (Lipinski definition) is 4. The SMILES string of the molecule is CCCN(Cc1nc2cc([C@H]3CC[C@H](c4ccc5[nH]c([C@@H]6CCCN6C(=O)C(NC(=O)OC)C(C)C)nc5c4)N3c3cc(F)c(N4CCC(CCCc5ccccc5)CC4)c(F)c3)ccc2[nH]1)C(=O)CNC(=O)OC. The Morgan fingerprint density at radius 2 is 1.44 bits per heavy atom. The minimum absolute atomic E-state index is 0.0154. The van der Waals surface area contributed by atoms with E-state index in [-0.39, 0.29) is 54.6 Å². The average Bonchev–Trinajstić information content (AvgIpc) is 4.25. The number of hydrogen-bond acceptors (Lipinski definition) is 10. The Labute approximate surface area is 436 Å². The minimum Gasteiger partial charge on any atom is -0.453 e. The maximum atomic E-state index is 16.8.